The van der Waals surface area contributed by atoms with E-state index >= 15 is 0 Å². The van der Waals surface area contributed by atoms with Crippen molar-refractivity contribution < 1.29 is 13.2 Å². The number of aromatic nitrogens is 1. The third-order valence-electron chi connectivity index (χ3n) is 4.36. The zero-order valence-electron chi connectivity index (χ0n) is 16.1. The first-order valence-corrected chi connectivity index (χ1v) is 11.2. The van der Waals surface area contributed by atoms with E-state index in [1.54, 1.807) is 12.1 Å². The van der Waals surface area contributed by atoms with Crippen LogP contribution in [0.1, 0.15) is 16.1 Å². The van der Waals surface area contributed by atoms with Gasteiger partial charge in [0, 0.05) is 13.6 Å². The fourth-order valence-corrected chi connectivity index (χ4v) is 5.01. The summed E-state index contributed by atoms with van der Waals surface area (Å²) in [6, 6.07) is 12.9. The highest BCUT2D eigenvalue weighted by Crippen LogP contribution is 2.25. The summed E-state index contributed by atoms with van der Waals surface area (Å²) in [5, 5.41) is 3.67. The summed E-state index contributed by atoms with van der Waals surface area (Å²) in [4.78, 5) is 16.7. The lowest BCUT2D eigenvalue weighted by molar-refractivity contribution is -0.121. The summed E-state index contributed by atoms with van der Waals surface area (Å²) >= 11 is 1.44. The van der Waals surface area contributed by atoms with Crippen LogP contribution in [0.2, 0.25) is 0 Å². The van der Waals surface area contributed by atoms with Gasteiger partial charge in [-0.05, 0) is 44.0 Å². The summed E-state index contributed by atoms with van der Waals surface area (Å²) in [6.07, 6.45) is 0.700. The molecule has 3 rings (SSSR count). The number of rotatable bonds is 7. The van der Waals surface area contributed by atoms with Crippen molar-refractivity contribution >= 4 is 37.5 Å². The van der Waals surface area contributed by atoms with Gasteiger partial charge >= 0.3 is 0 Å². The van der Waals surface area contributed by atoms with Crippen molar-refractivity contribution in [3.05, 3.63) is 58.6 Å². The second-order valence-corrected chi connectivity index (χ2v) is 9.99. The molecule has 0 saturated carbocycles. The van der Waals surface area contributed by atoms with Gasteiger partial charge in [0.1, 0.15) is 0 Å². The van der Waals surface area contributed by atoms with E-state index in [1.165, 1.54) is 30.0 Å². The van der Waals surface area contributed by atoms with Crippen LogP contribution in [-0.2, 0) is 21.2 Å². The van der Waals surface area contributed by atoms with Gasteiger partial charge in [-0.3, -0.25) is 4.79 Å². The summed E-state index contributed by atoms with van der Waals surface area (Å²) in [6.45, 7) is 4.14. The average molecular weight is 418 g/mol. The standard InChI is InChI=1S/C20H23N3O3S2/c1-14-5-4-6-16(11-14)9-10-21-20(24)13-23(3)28(25,26)17-7-8-18-19(12-17)27-15(2)22-18/h4-8,11-12H,9-10,13H2,1-3H3,(H,21,24). The van der Waals surface area contributed by atoms with Gasteiger partial charge in [0.25, 0.3) is 0 Å². The van der Waals surface area contributed by atoms with Gasteiger partial charge in [-0.1, -0.05) is 29.8 Å². The molecule has 0 saturated heterocycles. The van der Waals surface area contributed by atoms with E-state index in [0.717, 1.165) is 25.1 Å². The van der Waals surface area contributed by atoms with Crippen molar-refractivity contribution in [3.8, 4) is 0 Å². The van der Waals surface area contributed by atoms with Crippen LogP contribution in [0, 0.1) is 13.8 Å². The number of hydrogen-bond donors (Lipinski definition) is 1. The van der Waals surface area contributed by atoms with Crippen LogP contribution in [0.4, 0.5) is 0 Å². The van der Waals surface area contributed by atoms with E-state index in [0.29, 0.717) is 13.0 Å². The predicted molar refractivity (Wildman–Crippen MR) is 112 cm³/mol. The molecule has 8 heteroatoms. The Balaban J connectivity index is 1.60. The highest BCUT2D eigenvalue weighted by Gasteiger charge is 2.23. The summed E-state index contributed by atoms with van der Waals surface area (Å²) in [5.74, 6) is -0.326. The lowest BCUT2D eigenvalue weighted by atomic mass is 10.1. The van der Waals surface area contributed by atoms with Crippen molar-refractivity contribution in [2.45, 2.75) is 25.2 Å². The summed E-state index contributed by atoms with van der Waals surface area (Å²) < 4.78 is 27.4. The van der Waals surface area contributed by atoms with Crippen LogP contribution < -0.4 is 5.32 Å². The maximum atomic E-state index is 12.8. The van der Waals surface area contributed by atoms with Crippen molar-refractivity contribution in [3.63, 3.8) is 0 Å². The average Bonchev–Trinajstić information content (AvgIpc) is 3.00. The minimum absolute atomic E-state index is 0.165. The molecule has 0 atom stereocenters. The van der Waals surface area contributed by atoms with Crippen molar-refractivity contribution in [1.82, 2.24) is 14.6 Å². The highest BCUT2D eigenvalue weighted by atomic mass is 32.2. The molecule has 0 fully saturated rings. The molecule has 0 aliphatic heterocycles. The number of nitrogens with zero attached hydrogens (tertiary/aromatic N) is 2. The molecule has 0 aliphatic carbocycles. The molecule has 3 aromatic rings. The van der Waals surface area contributed by atoms with Gasteiger partial charge in [0.05, 0.1) is 26.7 Å². The molecule has 0 bridgehead atoms. The molecule has 0 unspecified atom stereocenters. The predicted octanol–water partition coefficient (Wildman–Crippen LogP) is 2.89. The molecule has 2 aromatic carbocycles. The Morgan fingerprint density at radius 3 is 2.71 bits per heavy atom. The first-order valence-electron chi connectivity index (χ1n) is 8.91. The SMILES string of the molecule is Cc1cccc(CCNC(=O)CN(C)S(=O)(=O)c2ccc3nc(C)sc3c2)c1. The van der Waals surface area contributed by atoms with E-state index in [4.69, 9.17) is 0 Å². The van der Waals surface area contributed by atoms with Crippen LogP contribution in [-0.4, -0.2) is 43.8 Å². The molecule has 148 valence electrons. The van der Waals surface area contributed by atoms with Gasteiger partial charge in [-0.15, -0.1) is 11.3 Å². The van der Waals surface area contributed by atoms with E-state index in [2.05, 4.69) is 16.4 Å². The Kier molecular flexibility index (Phi) is 6.12. The molecule has 28 heavy (non-hydrogen) atoms. The van der Waals surface area contributed by atoms with Crippen LogP contribution in [0.5, 0.6) is 0 Å². The lowest BCUT2D eigenvalue weighted by Gasteiger charge is -2.17. The molecule has 0 spiro atoms. The Labute approximate surface area is 169 Å². The molecule has 1 amide bonds. The van der Waals surface area contributed by atoms with Crippen LogP contribution in [0.3, 0.4) is 0 Å². The van der Waals surface area contributed by atoms with Gasteiger partial charge in [-0.25, -0.2) is 13.4 Å². The van der Waals surface area contributed by atoms with Crippen molar-refractivity contribution in [1.29, 1.82) is 0 Å². The van der Waals surface area contributed by atoms with Crippen LogP contribution in [0.25, 0.3) is 10.2 Å². The minimum atomic E-state index is -3.75. The molecule has 0 radical (unpaired) electrons. The molecule has 0 aliphatic rings. The number of fused-ring (bicyclic) bond motifs is 1. The number of sulfonamides is 1. The zero-order valence-corrected chi connectivity index (χ0v) is 17.7. The van der Waals surface area contributed by atoms with E-state index in [1.807, 2.05) is 32.0 Å². The number of hydrogen-bond acceptors (Lipinski definition) is 5. The Morgan fingerprint density at radius 2 is 1.96 bits per heavy atom. The smallest absolute Gasteiger partial charge is 0.243 e. The minimum Gasteiger partial charge on any atom is -0.355 e. The summed E-state index contributed by atoms with van der Waals surface area (Å²) in [7, 11) is -2.33. The third-order valence-corrected chi connectivity index (χ3v) is 7.09. The number of benzene rings is 2. The number of carbonyl (C=O) groups is 1. The number of thiazole rings is 1. The van der Waals surface area contributed by atoms with Crippen molar-refractivity contribution in [2.24, 2.45) is 0 Å². The number of aryl methyl sites for hydroxylation is 2. The lowest BCUT2D eigenvalue weighted by Crippen LogP contribution is -2.39. The molecule has 1 N–H and O–H groups in total. The number of amides is 1. The first-order chi connectivity index (χ1) is 13.3. The fraction of sp³-hybridized carbons (Fsp3) is 0.300. The second kappa shape index (κ2) is 8.38. The molecular formula is C20H23N3O3S2. The summed E-state index contributed by atoms with van der Waals surface area (Å²) in [5.41, 5.74) is 3.08. The van der Waals surface area contributed by atoms with E-state index < -0.39 is 10.0 Å². The monoisotopic (exact) mass is 417 g/mol. The molecule has 1 aromatic heterocycles. The first kappa shape index (κ1) is 20.4. The number of nitrogens with one attached hydrogen (secondary N) is 1. The quantitative estimate of drug-likeness (QED) is 0.641. The van der Waals surface area contributed by atoms with Gasteiger partial charge in [0.2, 0.25) is 15.9 Å². The van der Waals surface area contributed by atoms with Crippen LogP contribution in [0.15, 0.2) is 47.4 Å². The maximum absolute atomic E-state index is 12.8. The Hall–Kier alpha value is -2.29. The highest BCUT2D eigenvalue weighted by molar-refractivity contribution is 7.89. The fourth-order valence-electron chi connectivity index (χ4n) is 2.92. The van der Waals surface area contributed by atoms with E-state index in [9.17, 15) is 13.2 Å². The number of carbonyl (C=O) groups excluding carboxylic acids is 1. The maximum Gasteiger partial charge on any atom is 0.243 e. The van der Waals surface area contributed by atoms with Crippen LogP contribution >= 0.6 is 11.3 Å². The van der Waals surface area contributed by atoms with Gasteiger partial charge in [-0.2, -0.15) is 4.31 Å². The Morgan fingerprint density at radius 1 is 1.18 bits per heavy atom. The van der Waals surface area contributed by atoms with Gasteiger partial charge in [0.15, 0.2) is 0 Å². The topological polar surface area (TPSA) is 79.4 Å². The normalized spacial score (nSPS) is 11.9. The zero-order chi connectivity index (χ0) is 20.3. The van der Waals surface area contributed by atoms with Gasteiger partial charge < -0.3 is 5.32 Å². The van der Waals surface area contributed by atoms with Crippen molar-refractivity contribution in [2.75, 3.05) is 20.1 Å². The second-order valence-electron chi connectivity index (χ2n) is 6.71. The molecular weight excluding hydrogens is 394 g/mol. The van der Waals surface area contributed by atoms with E-state index in [-0.39, 0.29) is 17.3 Å². The molecule has 6 nitrogen and oxygen atoms in total. The largest absolute Gasteiger partial charge is 0.355 e. The third kappa shape index (κ3) is 4.76. The molecule has 1 heterocycles. The number of likely N-dealkylation sites (N-methyl/N-ethyl adjacent to an activating group) is 1. The Bertz CT molecular complexity index is 1110.